The molecular weight excluding hydrogens is 312 g/mol. The minimum atomic E-state index is -1.07. The summed E-state index contributed by atoms with van der Waals surface area (Å²) in [6.07, 6.45) is 0.767. The van der Waals surface area contributed by atoms with Gasteiger partial charge in [0, 0.05) is 32.4 Å². The second-order valence-corrected chi connectivity index (χ2v) is 12.9. The molecule has 0 unspecified atom stereocenters. The van der Waals surface area contributed by atoms with Gasteiger partial charge in [0.1, 0.15) is 17.2 Å². The summed E-state index contributed by atoms with van der Waals surface area (Å²) < 4.78 is 28.4. The largest absolute Gasteiger partial charge is 0.496 e. The van der Waals surface area contributed by atoms with Gasteiger partial charge in [-0.25, -0.2) is 0 Å². The molecule has 2 atom stereocenters. The van der Waals surface area contributed by atoms with Crippen LogP contribution in [0, 0.1) is 0 Å². The predicted molar refractivity (Wildman–Crippen MR) is 90.3 cm³/mol. The summed E-state index contributed by atoms with van der Waals surface area (Å²) in [5.41, 5.74) is 1.09. The molecule has 2 heterocycles. The number of methoxy groups -OCH3 is 1. The van der Waals surface area contributed by atoms with Crippen molar-refractivity contribution in [1.82, 2.24) is 0 Å². The molecule has 0 bridgehead atoms. The predicted octanol–water partition coefficient (Wildman–Crippen LogP) is 3.61. The first kappa shape index (κ1) is 16.6. The smallest absolute Gasteiger partial charge is 0.207 e. The van der Waals surface area contributed by atoms with Crippen LogP contribution in [0.5, 0.6) is 17.2 Å². The molecule has 1 aromatic carbocycles. The molecule has 0 amide bonds. The zero-order chi connectivity index (χ0) is 16.4. The molecule has 5 nitrogen and oxygen atoms in total. The fourth-order valence-electron chi connectivity index (χ4n) is 2.90. The van der Waals surface area contributed by atoms with Crippen molar-refractivity contribution in [2.75, 3.05) is 27.1 Å². The fraction of sp³-hybridized carbons (Fsp3) is 0.647. The van der Waals surface area contributed by atoms with Gasteiger partial charge in [-0.2, -0.15) is 0 Å². The van der Waals surface area contributed by atoms with Crippen LogP contribution in [-0.2, 0) is 9.47 Å². The molecule has 1 aromatic rings. The average molecular weight is 338 g/mol. The van der Waals surface area contributed by atoms with Gasteiger partial charge < -0.3 is 23.7 Å². The Morgan fingerprint density at radius 1 is 1.26 bits per heavy atom. The summed E-state index contributed by atoms with van der Waals surface area (Å²) in [6.45, 7) is 8.74. The van der Waals surface area contributed by atoms with Crippen LogP contribution in [0.3, 0.4) is 0 Å². The standard InChI is InChI=1S/C17H26O5Si/c1-18-12-9-14(21-11-19-7-8-23(2,3)4)16-13-5-6-20-17(13)22-15(16)10-12/h9-10,13,17H,5-8,11H2,1-4H3/t13-,17+/m0/s1. The first-order chi connectivity index (χ1) is 11.0. The Hall–Kier alpha value is -1.24. The average Bonchev–Trinajstić information content (AvgIpc) is 3.05. The van der Waals surface area contributed by atoms with Crippen LogP contribution in [0.25, 0.3) is 0 Å². The van der Waals surface area contributed by atoms with Gasteiger partial charge in [-0.1, -0.05) is 19.6 Å². The Morgan fingerprint density at radius 3 is 2.83 bits per heavy atom. The number of benzene rings is 1. The summed E-state index contributed by atoms with van der Waals surface area (Å²) in [5.74, 6) is 2.55. The molecule has 6 heteroatoms. The Labute approximate surface area is 138 Å². The van der Waals surface area contributed by atoms with Gasteiger partial charge >= 0.3 is 0 Å². The van der Waals surface area contributed by atoms with Crippen molar-refractivity contribution < 1.29 is 23.7 Å². The number of rotatable bonds is 7. The number of hydrogen-bond donors (Lipinski definition) is 0. The van der Waals surface area contributed by atoms with E-state index in [2.05, 4.69) is 19.6 Å². The molecule has 3 rings (SSSR count). The highest BCUT2D eigenvalue weighted by Crippen LogP contribution is 2.50. The molecule has 2 aliphatic rings. The van der Waals surface area contributed by atoms with Crippen LogP contribution < -0.4 is 14.2 Å². The lowest BCUT2D eigenvalue weighted by atomic mass is 9.97. The summed E-state index contributed by atoms with van der Waals surface area (Å²) in [7, 11) is 0.568. The van der Waals surface area contributed by atoms with E-state index in [4.69, 9.17) is 23.7 Å². The van der Waals surface area contributed by atoms with Gasteiger partial charge in [-0.05, 0) is 12.5 Å². The van der Waals surface area contributed by atoms with Crippen LogP contribution in [0.15, 0.2) is 12.1 Å². The van der Waals surface area contributed by atoms with Crippen LogP contribution in [0.2, 0.25) is 25.7 Å². The van der Waals surface area contributed by atoms with Crippen LogP contribution >= 0.6 is 0 Å². The Bertz CT molecular complexity index is 555. The summed E-state index contributed by atoms with van der Waals surface area (Å²) in [6, 6.07) is 4.94. The maximum Gasteiger partial charge on any atom is 0.207 e. The molecule has 0 spiro atoms. The maximum absolute atomic E-state index is 5.89. The lowest BCUT2D eigenvalue weighted by Crippen LogP contribution is -2.22. The minimum Gasteiger partial charge on any atom is -0.496 e. The second-order valence-electron chi connectivity index (χ2n) is 7.27. The van der Waals surface area contributed by atoms with E-state index in [-0.39, 0.29) is 19.0 Å². The van der Waals surface area contributed by atoms with Crippen molar-refractivity contribution >= 4 is 8.07 Å². The molecule has 0 N–H and O–H groups in total. The van der Waals surface area contributed by atoms with Gasteiger partial charge in [-0.3, -0.25) is 0 Å². The molecule has 2 aliphatic heterocycles. The zero-order valence-electron chi connectivity index (χ0n) is 14.4. The van der Waals surface area contributed by atoms with Gasteiger partial charge in [0.2, 0.25) is 6.29 Å². The molecule has 128 valence electrons. The van der Waals surface area contributed by atoms with Crippen molar-refractivity contribution in [3.63, 3.8) is 0 Å². The SMILES string of the molecule is COc1cc(OCOCC[Si](C)(C)C)c2c(c1)O[C@H]1OCC[C@@H]21. The Morgan fingerprint density at radius 2 is 2.09 bits per heavy atom. The number of ether oxygens (including phenoxy) is 5. The van der Waals surface area contributed by atoms with E-state index in [1.54, 1.807) is 7.11 Å². The molecule has 1 saturated heterocycles. The van der Waals surface area contributed by atoms with Crippen LogP contribution in [-0.4, -0.2) is 41.5 Å². The molecule has 1 fully saturated rings. The van der Waals surface area contributed by atoms with E-state index in [1.165, 1.54) is 0 Å². The van der Waals surface area contributed by atoms with Crippen molar-refractivity contribution in [2.24, 2.45) is 0 Å². The molecule has 0 saturated carbocycles. The third-order valence-corrected chi connectivity index (χ3v) is 5.97. The highest BCUT2D eigenvalue weighted by atomic mass is 28.3. The lowest BCUT2D eigenvalue weighted by Gasteiger charge is -2.17. The highest BCUT2D eigenvalue weighted by molar-refractivity contribution is 6.76. The second kappa shape index (κ2) is 6.71. The molecule has 0 aliphatic carbocycles. The number of hydrogen-bond acceptors (Lipinski definition) is 5. The van der Waals surface area contributed by atoms with E-state index in [1.807, 2.05) is 12.1 Å². The normalized spacial score (nSPS) is 22.4. The van der Waals surface area contributed by atoms with Crippen molar-refractivity contribution in [3.05, 3.63) is 17.7 Å². The van der Waals surface area contributed by atoms with Gasteiger partial charge in [0.05, 0.1) is 19.6 Å². The van der Waals surface area contributed by atoms with Crippen molar-refractivity contribution in [3.8, 4) is 17.2 Å². The molecule has 0 radical (unpaired) electrons. The number of fused-ring (bicyclic) bond motifs is 3. The van der Waals surface area contributed by atoms with E-state index in [0.717, 1.165) is 48.5 Å². The van der Waals surface area contributed by atoms with Crippen LogP contribution in [0.1, 0.15) is 17.9 Å². The third-order valence-electron chi connectivity index (χ3n) is 4.26. The summed E-state index contributed by atoms with van der Waals surface area (Å²) in [4.78, 5) is 0. The van der Waals surface area contributed by atoms with Crippen LogP contribution in [0.4, 0.5) is 0 Å². The quantitative estimate of drug-likeness (QED) is 0.432. The van der Waals surface area contributed by atoms with E-state index in [9.17, 15) is 0 Å². The monoisotopic (exact) mass is 338 g/mol. The zero-order valence-corrected chi connectivity index (χ0v) is 15.4. The summed E-state index contributed by atoms with van der Waals surface area (Å²) in [5, 5.41) is 0. The minimum absolute atomic E-state index is 0.188. The van der Waals surface area contributed by atoms with Crippen molar-refractivity contribution in [1.29, 1.82) is 0 Å². The van der Waals surface area contributed by atoms with E-state index >= 15 is 0 Å². The fourth-order valence-corrected chi connectivity index (χ4v) is 3.66. The first-order valence-electron chi connectivity index (χ1n) is 8.19. The van der Waals surface area contributed by atoms with E-state index < -0.39 is 8.07 Å². The Balaban J connectivity index is 1.66. The molecular formula is C17H26O5Si. The van der Waals surface area contributed by atoms with E-state index in [0.29, 0.717) is 0 Å². The lowest BCUT2D eigenvalue weighted by molar-refractivity contribution is -0.0339. The Kier molecular flexibility index (Phi) is 4.84. The molecule has 0 aromatic heterocycles. The first-order valence-corrected chi connectivity index (χ1v) is 11.9. The summed E-state index contributed by atoms with van der Waals surface area (Å²) >= 11 is 0. The molecule has 23 heavy (non-hydrogen) atoms. The van der Waals surface area contributed by atoms with Gasteiger partial charge in [0.25, 0.3) is 0 Å². The van der Waals surface area contributed by atoms with Gasteiger partial charge in [-0.15, -0.1) is 0 Å². The highest BCUT2D eigenvalue weighted by Gasteiger charge is 2.42. The van der Waals surface area contributed by atoms with Gasteiger partial charge in [0.15, 0.2) is 6.79 Å². The van der Waals surface area contributed by atoms with Crippen molar-refractivity contribution in [2.45, 2.75) is 44.3 Å². The maximum atomic E-state index is 5.89. The third kappa shape index (κ3) is 3.81. The topological polar surface area (TPSA) is 46.2 Å².